The monoisotopic (exact) mass is 124 g/mol. The van der Waals surface area contributed by atoms with Gasteiger partial charge in [-0.2, -0.15) is 10.2 Å². The average molecular weight is 124 g/mol. The van der Waals surface area contributed by atoms with Crippen LogP contribution < -0.4 is 0 Å². The highest BCUT2D eigenvalue weighted by molar-refractivity contribution is 5.01. The molecule has 1 aliphatic heterocycles. The average Bonchev–Trinajstić information content (AvgIpc) is 2.08. The molecule has 1 rings (SSSR count). The van der Waals surface area contributed by atoms with Crippen molar-refractivity contribution in [2.24, 2.45) is 15.6 Å². The molecule has 0 unspecified atom stereocenters. The van der Waals surface area contributed by atoms with Gasteiger partial charge >= 0.3 is 0 Å². The lowest BCUT2D eigenvalue weighted by atomic mass is 9.88. The van der Waals surface area contributed by atoms with Gasteiger partial charge in [0.05, 0.1) is 6.04 Å². The molecular formula is C7H12N2. The number of nitrogens with zero attached hydrogens (tertiary/aromatic N) is 2. The third-order valence-corrected chi connectivity index (χ3v) is 1.41. The smallest absolute Gasteiger partial charge is 0.0959 e. The first-order chi connectivity index (χ1) is 4.11. The summed E-state index contributed by atoms with van der Waals surface area (Å²) < 4.78 is 0. The summed E-state index contributed by atoms with van der Waals surface area (Å²) in [5.41, 5.74) is 0.233. The highest BCUT2D eigenvalue weighted by Gasteiger charge is 2.23. The van der Waals surface area contributed by atoms with E-state index >= 15 is 0 Å². The lowest BCUT2D eigenvalue weighted by molar-refractivity contribution is 0.365. The van der Waals surface area contributed by atoms with E-state index in [1.54, 1.807) is 6.20 Å². The lowest BCUT2D eigenvalue weighted by Gasteiger charge is -2.20. The Morgan fingerprint density at radius 3 is 2.22 bits per heavy atom. The Kier molecular flexibility index (Phi) is 1.39. The van der Waals surface area contributed by atoms with Crippen molar-refractivity contribution >= 4 is 0 Å². The molecule has 0 bridgehead atoms. The standard InChI is InChI=1S/C7H12N2/c1-7(2,3)6-4-5-8-9-6/h4-6H,1-3H3/t6-/m1/s1. The Labute approximate surface area is 55.7 Å². The van der Waals surface area contributed by atoms with Crippen LogP contribution in [0.4, 0.5) is 0 Å². The molecule has 0 aromatic carbocycles. The van der Waals surface area contributed by atoms with Gasteiger partial charge < -0.3 is 0 Å². The predicted octanol–water partition coefficient (Wildman–Crippen LogP) is 2.38. The van der Waals surface area contributed by atoms with Crippen LogP contribution in [-0.4, -0.2) is 6.04 Å². The number of rotatable bonds is 0. The molecule has 0 spiro atoms. The quantitative estimate of drug-likeness (QED) is 0.473. The maximum atomic E-state index is 4.02. The molecule has 0 aliphatic carbocycles. The van der Waals surface area contributed by atoms with Gasteiger partial charge in [-0.25, -0.2) is 0 Å². The number of hydrogen-bond donors (Lipinski definition) is 0. The minimum absolute atomic E-state index is 0.233. The molecule has 0 saturated carbocycles. The van der Waals surface area contributed by atoms with E-state index in [-0.39, 0.29) is 11.5 Å². The van der Waals surface area contributed by atoms with E-state index in [4.69, 9.17) is 0 Å². The van der Waals surface area contributed by atoms with Crippen molar-refractivity contribution in [3.63, 3.8) is 0 Å². The highest BCUT2D eigenvalue weighted by atomic mass is 15.1. The fourth-order valence-corrected chi connectivity index (χ4v) is 0.731. The van der Waals surface area contributed by atoms with Crippen molar-refractivity contribution in [3.8, 4) is 0 Å². The third kappa shape index (κ3) is 1.37. The first-order valence-electron chi connectivity index (χ1n) is 3.17. The van der Waals surface area contributed by atoms with Gasteiger partial charge in [-0.15, -0.1) is 0 Å². The van der Waals surface area contributed by atoms with Crippen LogP contribution in [0.15, 0.2) is 22.5 Å². The summed E-state index contributed by atoms with van der Waals surface area (Å²) in [6, 6.07) is 0.289. The van der Waals surface area contributed by atoms with Crippen molar-refractivity contribution in [2.45, 2.75) is 26.8 Å². The Hall–Kier alpha value is -0.660. The summed E-state index contributed by atoms with van der Waals surface area (Å²) in [5.74, 6) is 0. The maximum absolute atomic E-state index is 4.02. The largest absolute Gasteiger partial charge is 0.181 e. The van der Waals surface area contributed by atoms with Crippen molar-refractivity contribution < 1.29 is 0 Å². The molecule has 2 nitrogen and oxygen atoms in total. The van der Waals surface area contributed by atoms with E-state index in [9.17, 15) is 0 Å². The summed E-state index contributed by atoms with van der Waals surface area (Å²) in [6.45, 7) is 6.48. The van der Waals surface area contributed by atoms with E-state index in [1.165, 1.54) is 0 Å². The second-order valence-electron chi connectivity index (χ2n) is 3.38. The van der Waals surface area contributed by atoms with E-state index in [0.29, 0.717) is 0 Å². The molecule has 1 atom stereocenters. The van der Waals surface area contributed by atoms with Crippen LogP contribution in [0.25, 0.3) is 0 Å². The van der Waals surface area contributed by atoms with Crippen LogP contribution in [0.2, 0.25) is 0 Å². The Bertz CT molecular complexity index is 139. The summed E-state index contributed by atoms with van der Waals surface area (Å²) in [5, 5.41) is 7.80. The maximum Gasteiger partial charge on any atom is 0.0959 e. The van der Waals surface area contributed by atoms with Gasteiger partial charge in [0.1, 0.15) is 0 Å². The minimum Gasteiger partial charge on any atom is -0.181 e. The molecule has 1 heterocycles. The molecule has 0 aromatic rings. The predicted molar refractivity (Wildman–Crippen MR) is 37.2 cm³/mol. The fourth-order valence-electron chi connectivity index (χ4n) is 0.731. The zero-order chi connectivity index (χ0) is 6.91. The van der Waals surface area contributed by atoms with Crippen LogP contribution in [0.5, 0.6) is 0 Å². The second-order valence-corrected chi connectivity index (χ2v) is 3.38. The van der Waals surface area contributed by atoms with Gasteiger partial charge in [-0.05, 0) is 11.5 Å². The van der Waals surface area contributed by atoms with Crippen LogP contribution >= 0.6 is 0 Å². The summed E-state index contributed by atoms with van der Waals surface area (Å²) in [4.78, 5) is 0. The molecule has 0 fully saturated rings. The zero-order valence-corrected chi connectivity index (χ0v) is 6.13. The molecule has 50 valence electrons. The molecule has 0 aromatic heterocycles. The number of hydrogen-bond acceptors (Lipinski definition) is 2. The molecule has 0 saturated heterocycles. The zero-order valence-electron chi connectivity index (χ0n) is 6.13. The van der Waals surface area contributed by atoms with Gasteiger partial charge in [-0.3, -0.25) is 0 Å². The Morgan fingerprint density at radius 2 is 2.00 bits per heavy atom. The molecule has 0 N–H and O–H groups in total. The van der Waals surface area contributed by atoms with Gasteiger partial charge in [-0.1, -0.05) is 20.8 Å². The SMILES string of the molecule is CC(C)(C)[C@H]1C=CN=N1. The van der Waals surface area contributed by atoms with Crippen molar-refractivity contribution in [3.05, 3.63) is 12.3 Å². The minimum atomic E-state index is 0.233. The first kappa shape index (κ1) is 6.46. The van der Waals surface area contributed by atoms with Crippen LogP contribution in [0, 0.1) is 5.41 Å². The summed E-state index contributed by atoms with van der Waals surface area (Å²) >= 11 is 0. The van der Waals surface area contributed by atoms with E-state index < -0.39 is 0 Å². The van der Waals surface area contributed by atoms with Crippen molar-refractivity contribution in [1.29, 1.82) is 0 Å². The van der Waals surface area contributed by atoms with Gasteiger partial charge in [0, 0.05) is 6.20 Å². The van der Waals surface area contributed by atoms with Gasteiger partial charge in [0.25, 0.3) is 0 Å². The van der Waals surface area contributed by atoms with Gasteiger partial charge in [0.2, 0.25) is 0 Å². The molecule has 1 aliphatic rings. The van der Waals surface area contributed by atoms with Crippen LogP contribution in [0.1, 0.15) is 20.8 Å². The fraction of sp³-hybridized carbons (Fsp3) is 0.714. The van der Waals surface area contributed by atoms with Crippen molar-refractivity contribution in [2.75, 3.05) is 0 Å². The van der Waals surface area contributed by atoms with E-state index in [2.05, 4.69) is 31.0 Å². The highest BCUT2D eigenvalue weighted by Crippen LogP contribution is 2.25. The van der Waals surface area contributed by atoms with E-state index in [0.717, 1.165) is 0 Å². The summed E-state index contributed by atoms with van der Waals surface area (Å²) in [6.07, 6.45) is 3.79. The Morgan fingerprint density at radius 1 is 1.33 bits per heavy atom. The normalized spacial score (nSPS) is 25.4. The molecule has 0 amide bonds. The molecule has 0 radical (unpaired) electrons. The third-order valence-electron chi connectivity index (χ3n) is 1.41. The Balaban J connectivity index is 2.64. The molecular weight excluding hydrogens is 112 g/mol. The topological polar surface area (TPSA) is 24.7 Å². The van der Waals surface area contributed by atoms with E-state index in [1.807, 2.05) is 6.08 Å². The molecule has 2 heteroatoms. The van der Waals surface area contributed by atoms with Crippen LogP contribution in [-0.2, 0) is 0 Å². The lowest BCUT2D eigenvalue weighted by Crippen LogP contribution is -2.20. The second kappa shape index (κ2) is 1.94. The van der Waals surface area contributed by atoms with Crippen molar-refractivity contribution in [1.82, 2.24) is 0 Å². The summed E-state index contributed by atoms with van der Waals surface area (Å²) in [7, 11) is 0. The first-order valence-corrected chi connectivity index (χ1v) is 3.17. The number of azo groups is 1. The van der Waals surface area contributed by atoms with Crippen LogP contribution in [0.3, 0.4) is 0 Å². The molecule has 9 heavy (non-hydrogen) atoms. The van der Waals surface area contributed by atoms with Gasteiger partial charge in [0.15, 0.2) is 0 Å².